The summed E-state index contributed by atoms with van der Waals surface area (Å²) in [7, 11) is 0. The van der Waals surface area contributed by atoms with Crippen LogP contribution in [0.1, 0.15) is 10.4 Å². The average molecular weight is 294 g/mol. The Bertz CT molecular complexity index is 779. The lowest BCUT2D eigenvalue weighted by molar-refractivity contribution is -0.384. The first-order chi connectivity index (χ1) is 9.47. The summed E-state index contributed by atoms with van der Waals surface area (Å²) in [5.41, 5.74) is -1.53. The minimum atomic E-state index is -0.783. The van der Waals surface area contributed by atoms with Crippen LogP contribution < -0.4 is 11.2 Å². The van der Waals surface area contributed by atoms with Crippen LogP contribution in [-0.2, 0) is 0 Å². The summed E-state index contributed by atoms with van der Waals surface area (Å²) in [5.74, 6) is 0. The van der Waals surface area contributed by atoms with E-state index in [0.29, 0.717) is 11.8 Å². The van der Waals surface area contributed by atoms with Gasteiger partial charge in [0.05, 0.1) is 4.92 Å². The lowest BCUT2D eigenvalue weighted by Crippen LogP contribution is -2.25. The zero-order valence-electron chi connectivity index (χ0n) is 9.65. The minimum Gasteiger partial charge on any atom is -0.281 e. The molecule has 1 aromatic carbocycles. The molecule has 2 rings (SSSR count). The van der Waals surface area contributed by atoms with Gasteiger partial charge in [-0.05, 0) is 23.9 Å². The second kappa shape index (κ2) is 5.48. The van der Waals surface area contributed by atoms with Crippen molar-refractivity contribution in [1.29, 1.82) is 0 Å². The van der Waals surface area contributed by atoms with E-state index in [-0.39, 0.29) is 16.3 Å². The van der Waals surface area contributed by atoms with Crippen molar-refractivity contribution in [1.82, 2.24) is 15.2 Å². The Kier molecular flexibility index (Phi) is 3.75. The number of benzene rings is 1. The zero-order chi connectivity index (χ0) is 14.7. The van der Waals surface area contributed by atoms with Crippen molar-refractivity contribution in [3.05, 3.63) is 60.8 Å². The van der Waals surface area contributed by atoms with Crippen molar-refractivity contribution >= 4 is 22.6 Å². The maximum atomic E-state index is 11.8. The largest absolute Gasteiger partial charge is 0.342 e. The lowest BCUT2D eigenvalue weighted by atomic mass is 10.2. The molecule has 1 heterocycles. The van der Waals surface area contributed by atoms with Crippen molar-refractivity contribution in [2.75, 3.05) is 0 Å². The number of carbonyl (C=O) groups is 1. The first-order valence-electron chi connectivity index (χ1n) is 5.13. The molecule has 0 atom stereocenters. The van der Waals surface area contributed by atoms with E-state index in [1.54, 1.807) is 0 Å². The van der Waals surface area contributed by atoms with Crippen molar-refractivity contribution < 1.29 is 9.72 Å². The van der Waals surface area contributed by atoms with Gasteiger partial charge in [-0.3, -0.25) is 24.7 Å². The van der Waals surface area contributed by atoms with Crippen LogP contribution in [0.2, 0.25) is 0 Å². The molecular weight excluding hydrogens is 288 g/mol. The van der Waals surface area contributed by atoms with E-state index >= 15 is 0 Å². The first kappa shape index (κ1) is 13.7. The molecule has 0 unspecified atom stereocenters. The van der Waals surface area contributed by atoms with Crippen LogP contribution in [0.15, 0.2) is 38.9 Å². The molecule has 0 aliphatic rings. The van der Waals surface area contributed by atoms with Gasteiger partial charge in [-0.2, -0.15) is 5.10 Å². The number of aromatic nitrogens is 3. The Morgan fingerprint density at radius 1 is 1.25 bits per heavy atom. The highest BCUT2D eigenvalue weighted by atomic mass is 32.2. The number of rotatable bonds is 3. The molecule has 102 valence electrons. The molecule has 0 bridgehead atoms. The fourth-order valence-corrected chi connectivity index (χ4v) is 1.94. The van der Waals surface area contributed by atoms with Crippen molar-refractivity contribution in [3.63, 3.8) is 0 Å². The van der Waals surface area contributed by atoms with Gasteiger partial charge in [-0.15, -0.1) is 0 Å². The predicted molar refractivity (Wildman–Crippen MR) is 68.8 cm³/mol. The number of aromatic amines is 2. The van der Waals surface area contributed by atoms with Crippen LogP contribution in [0.4, 0.5) is 5.69 Å². The van der Waals surface area contributed by atoms with Crippen LogP contribution in [0.5, 0.6) is 0 Å². The quantitative estimate of drug-likeness (QED) is 0.471. The number of thioether (sulfide) groups is 1. The standard InChI is InChI=1S/C10H6N4O5S/c15-7-8(12-13-10(17)11-7)20-9(16)5-1-3-6(4-2-5)14(18)19/h1-4H,(H2,11,13,15,17). The van der Waals surface area contributed by atoms with Gasteiger partial charge in [0, 0.05) is 17.7 Å². The summed E-state index contributed by atoms with van der Waals surface area (Å²) in [4.78, 5) is 45.8. The summed E-state index contributed by atoms with van der Waals surface area (Å²) in [6.45, 7) is 0. The Morgan fingerprint density at radius 2 is 1.90 bits per heavy atom. The topological polar surface area (TPSA) is 139 Å². The maximum absolute atomic E-state index is 11.8. The Morgan fingerprint density at radius 3 is 2.45 bits per heavy atom. The van der Waals surface area contributed by atoms with Gasteiger partial charge in [0.15, 0.2) is 5.03 Å². The number of nitro groups is 1. The highest BCUT2D eigenvalue weighted by Gasteiger charge is 2.14. The maximum Gasteiger partial charge on any atom is 0.342 e. The Hall–Kier alpha value is -2.75. The second-order valence-electron chi connectivity index (χ2n) is 3.51. The molecule has 0 radical (unpaired) electrons. The predicted octanol–water partition coefficient (Wildman–Crippen LogP) is 0.299. The molecule has 2 aromatic rings. The first-order valence-corrected chi connectivity index (χ1v) is 5.94. The number of H-pyrrole nitrogens is 2. The van der Waals surface area contributed by atoms with Crippen LogP contribution in [-0.4, -0.2) is 25.2 Å². The molecule has 0 saturated carbocycles. The number of hydrogen-bond acceptors (Lipinski definition) is 7. The second-order valence-corrected chi connectivity index (χ2v) is 4.47. The smallest absolute Gasteiger partial charge is 0.281 e. The molecule has 1 aromatic heterocycles. The number of nitrogens with one attached hydrogen (secondary N) is 2. The van der Waals surface area contributed by atoms with E-state index in [1.807, 2.05) is 10.1 Å². The van der Waals surface area contributed by atoms with Gasteiger partial charge in [0.2, 0.25) is 5.12 Å². The molecule has 9 nitrogen and oxygen atoms in total. The Balaban J connectivity index is 2.21. The molecule has 0 amide bonds. The molecule has 0 aliphatic heterocycles. The molecule has 20 heavy (non-hydrogen) atoms. The van der Waals surface area contributed by atoms with Crippen molar-refractivity contribution in [3.8, 4) is 0 Å². The van der Waals surface area contributed by atoms with E-state index in [0.717, 1.165) is 0 Å². The van der Waals surface area contributed by atoms with Crippen LogP contribution in [0.3, 0.4) is 0 Å². The van der Waals surface area contributed by atoms with Gasteiger partial charge in [-0.1, -0.05) is 0 Å². The third-order valence-corrected chi connectivity index (χ3v) is 3.07. The van der Waals surface area contributed by atoms with E-state index in [4.69, 9.17) is 0 Å². The van der Waals surface area contributed by atoms with Gasteiger partial charge >= 0.3 is 5.69 Å². The average Bonchev–Trinajstić information content (AvgIpc) is 2.42. The molecule has 2 N–H and O–H groups in total. The number of carbonyl (C=O) groups excluding carboxylic acids is 1. The number of nitrogens with zero attached hydrogens (tertiary/aromatic N) is 2. The number of hydrogen-bond donors (Lipinski definition) is 2. The summed E-state index contributed by atoms with van der Waals surface area (Å²) in [6, 6.07) is 4.90. The van der Waals surface area contributed by atoms with Crippen LogP contribution in [0, 0.1) is 10.1 Å². The fraction of sp³-hybridized carbons (Fsp3) is 0. The number of non-ortho nitro benzene ring substituents is 1. The summed E-state index contributed by atoms with van der Waals surface area (Å²) in [6.07, 6.45) is 0. The fourth-order valence-electron chi connectivity index (χ4n) is 1.27. The van der Waals surface area contributed by atoms with Crippen LogP contribution in [0.25, 0.3) is 0 Å². The highest BCUT2D eigenvalue weighted by molar-refractivity contribution is 8.14. The number of nitro benzene ring substituents is 1. The summed E-state index contributed by atoms with van der Waals surface area (Å²) < 4.78 is 0. The normalized spacial score (nSPS) is 10.2. The van der Waals surface area contributed by atoms with Crippen molar-refractivity contribution in [2.24, 2.45) is 0 Å². The van der Waals surface area contributed by atoms with E-state index in [1.165, 1.54) is 24.3 Å². The molecular formula is C10H6N4O5S. The van der Waals surface area contributed by atoms with E-state index in [9.17, 15) is 24.5 Å². The summed E-state index contributed by atoms with van der Waals surface area (Å²) in [5, 5.41) is 15.2. The molecule has 0 fully saturated rings. The van der Waals surface area contributed by atoms with E-state index < -0.39 is 21.3 Å². The monoisotopic (exact) mass is 294 g/mol. The van der Waals surface area contributed by atoms with E-state index in [2.05, 4.69) is 5.10 Å². The zero-order valence-corrected chi connectivity index (χ0v) is 10.5. The molecule has 0 aliphatic carbocycles. The van der Waals surface area contributed by atoms with Crippen LogP contribution >= 0.6 is 11.8 Å². The minimum absolute atomic E-state index is 0.147. The van der Waals surface area contributed by atoms with Gasteiger partial charge in [0.1, 0.15) is 0 Å². The van der Waals surface area contributed by atoms with Gasteiger partial charge in [0.25, 0.3) is 11.2 Å². The van der Waals surface area contributed by atoms with Gasteiger partial charge < -0.3 is 0 Å². The summed E-state index contributed by atoms with van der Waals surface area (Å²) >= 11 is 0.513. The molecule has 0 saturated heterocycles. The Labute approximate surface area is 114 Å². The third-order valence-electron chi connectivity index (χ3n) is 2.18. The molecule has 0 spiro atoms. The SMILES string of the molecule is O=C(Sc1n[nH]c(=O)[nH]c1=O)c1ccc([N+](=O)[O-])cc1. The lowest BCUT2D eigenvalue weighted by Gasteiger charge is -1.99. The highest BCUT2D eigenvalue weighted by Crippen LogP contribution is 2.19. The van der Waals surface area contributed by atoms with Gasteiger partial charge in [-0.25, -0.2) is 9.89 Å². The third kappa shape index (κ3) is 2.98. The molecule has 10 heteroatoms. The van der Waals surface area contributed by atoms with Crippen molar-refractivity contribution in [2.45, 2.75) is 5.03 Å².